The zero-order valence-electron chi connectivity index (χ0n) is 18.3. The number of amides is 1. The predicted octanol–water partition coefficient (Wildman–Crippen LogP) is 3.49. The summed E-state index contributed by atoms with van der Waals surface area (Å²) < 4.78 is 10.0. The summed E-state index contributed by atoms with van der Waals surface area (Å²) in [4.78, 5) is 13.7. The van der Waals surface area contributed by atoms with Crippen LogP contribution in [-0.4, -0.2) is 45.4 Å². The maximum atomic E-state index is 11.5. The third-order valence-corrected chi connectivity index (χ3v) is 6.49. The molecule has 2 aromatic carbocycles. The number of primary amides is 1. The van der Waals surface area contributed by atoms with E-state index in [2.05, 4.69) is 33.7 Å². The van der Waals surface area contributed by atoms with Crippen molar-refractivity contribution in [3.05, 3.63) is 64.9 Å². The van der Waals surface area contributed by atoms with Crippen LogP contribution in [0.4, 0.5) is 0 Å². The molecule has 3 aromatic rings. The molecular formula is C24H29N5O2S. The third-order valence-electron chi connectivity index (χ3n) is 6.06. The summed E-state index contributed by atoms with van der Waals surface area (Å²) >= 11 is 5.85. The van der Waals surface area contributed by atoms with E-state index in [1.165, 1.54) is 5.56 Å². The Hall–Kier alpha value is -2.97. The number of hydrogen-bond acceptors (Lipinski definition) is 5. The van der Waals surface area contributed by atoms with Gasteiger partial charge in [0.15, 0.2) is 10.6 Å². The van der Waals surface area contributed by atoms with Gasteiger partial charge in [0, 0.05) is 31.1 Å². The first-order valence-corrected chi connectivity index (χ1v) is 11.3. The number of benzene rings is 2. The minimum atomic E-state index is -0.201. The number of nitrogens with zero attached hydrogens (tertiary/aromatic N) is 4. The number of rotatable bonds is 8. The number of aromatic nitrogens is 3. The molecule has 0 atom stereocenters. The van der Waals surface area contributed by atoms with Gasteiger partial charge in [0.1, 0.15) is 5.75 Å². The molecule has 2 heterocycles. The van der Waals surface area contributed by atoms with E-state index in [0.29, 0.717) is 11.4 Å². The van der Waals surface area contributed by atoms with Crippen molar-refractivity contribution in [2.24, 2.45) is 11.7 Å². The Balaban J connectivity index is 1.58. The summed E-state index contributed by atoms with van der Waals surface area (Å²) in [6.07, 6.45) is 2.43. The molecule has 0 unspecified atom stereocenters. The average Bonchev–Trinajstić information content (AvgIpc) is 3.13. The second kappa shape index (κ2) is 10.1. The second-order valence-corrected chi connectivity index (χ2v) is 8.52. The summed E-state index contributed by atoms with van der Waals surface area (Å²) in [5.74, 6) is 1.42. The lowest BCUT2D eigenvalue weighted by Gasteiger charge is -2.30. The Morgan fingerprint density at radius 1 is 1.12 bits per heavy atom. The van der Waals surface area contributed by atoms with Crippen LogP contribution >= 0.6 is 12.2 Å². The van der Waals surface area contributed by atoms with Gasteiger partial charge >= 0.3 is 0 Å². The fourth-order valence-corrected chi connectivity index (χ4v) is 4.40. The normalized spacial score (nSPS) is 15.0. The van der Waals surface area contributed by atoms with Crippen molar-refractivity contribution in [1.29, 1.82) is 0 Å². The minimum absolute atomic E-state index is 0.0301. The Morgan fingerprint density at radius 2 is 1.81 bits per heavy atom. The number of likely N-dealkylation sites (tertiary alicyclic amines) is 1. The Morgan fingerprint density at radius 3 is 2.44 bits per heavy atom. The van der Waals surface area contributed by atoms with Crippen molar-refractivity contribution in [2.45, 2.75) is 32.5 Å². The highest BCUT2D eigenvalue weighted by Crippen LogP contribution is 2.23. The van der Waals surface area contributed by atoms with Crippen molar-refractivity contribution in [1.82, 2.24) is 19.2 Å². The highest BCUT2D eigenvalue weighted by atomic mass is 32.1. The molecule has 0 aliphatic carbocycles. The summed E-state index contributed by atoms with van der Waals surface area (Å²) in [7, 11) is 1.66. The van der Waals surface area contributed by atoms with Gasteiger partial charge in [-0.15, -0.1) is 0 Å². The van der Waals surface area contributed by atoms with Crippen molar-refractivity contribution >= 4 is 18.1 Å². The average molecular weight is 452 g/mol. The van der Waals surface area contributed by atoms with E-state index in [0.717, 1.165) is 56.0 Å². The smallest absolute Gasteiger partial charge is 0.220 e. The molecule has 0 radical (unpaired) electrons. The van der Waals surface area contributed by atoms with E-state index in [-0.39, 0.29) is 11.8 Å². The fourth-order valence-electron chi connectivity index (χ4n) is 4.12. The fraction of sp³-hybridized carbons (Fsp3) is 0.375. The van der Waals surface area contributed by atoms with Gasteiger partial charge in [0.25, 0.3) is 0 Å². The van der Waals surface area contributed by atoms with Gasteiger partial charge in [-0.1, -0.05) is 30.3 Å². The SMILES string of the molecule is COc1ccc(-c2nn(CN3CCC(C(N)=O)CC3)c(=S)n2CCc2ccccc2)cc1. The molecule has 0 saturated carbocycles. The lowest BCUT2D eigenvalue weighted by Crippen LogP contribution is -2.39. The summed E-state index contributed by atoms with van der Waals surface area (Å²) in [5, 5.41) is 4.90. The maximum absolute atomic E-state index is 11.5. The topological polar surface area (TPSA) is 78.3 Å². The molecule has 1 aromatic heterocycles. The van der Waals surface area contributed by atoms with Crippen LogP contribution in [0.3, 0.4) is 0 Å². The molecule has 1 fully saturated rings. The zero-order valence-corrected chi connectivity index (χ0v) is 19.1. The van der Waals surface area contributed by atoms with Crippen LogP contribution in [0.5, 0.6) is 5.75 Å². The van der Waals surface area contributed by atoms with Crippen LogP contribution in [0.2, 0.25) is 0 Å². The summed E-state index contributed by atoms with van der Waals surface area (Å²) in [6.45, 7) is 2.97. The Kier molecular flexibility index (Phi) is 7.02. The zero-order chi connectivity index (χ0) is 22.5. The van der Waals surface area contributed by atoms with Gasteiger partial charge in [-0.3, -0.25) is 14.3 Å². The van der Waals surface area contributed by atoms with Crippen molar-refractivity contribution in [3.63, 3.8) is 0 Å². The summed E-state index contributed by atoms with van der Waals surface area (Å²) in [5.41, 5.74) is 7.73. The van der Waals surface area contributed by atoms with E-state index in [1.807, 2.05) is 35.0 Å². The number of ether oxygens (including phenoxy) is 1. The molecule has 4 rings (SSSR count). The molecular weight excluding hydrogens is 422 g/mol. The number of aryl methyl sites for hydroxylation is 1. The molecule has 2 N–H and O–H groups in total. The van der Waals surface area contributed by atoms with Gasteiger partial charge in [-0.25, -0.2) is 4.68 Å². The van der Waals surface area contributed by atoms with Crippen LogP contribution in [0, 0.1) is 10.7 Å². The quantitative estimate of drug-likeness (QED) is 0.531. The van der Waals surface area contributed by atoms with Gasteiger partial charge in [0.05, 0.1) is 13.8 Å². The van der Waals surface area contributed by atoms with Crippen LogP contribution in [0.1, 0.15) is 18.4 Å². The van der Waals surface area contributed by atoms with Gasteiger partial charge < -0.3 is 10.5 Å². The minimum Gasteiger partial charge on any atom is -0.497 e. The van der Waals surface area contributed by atoms with Crippen molar-refractivity contribution < 1.29 is 9.53 Å². The van der Waals surface area contributed by atoms with Crippen LogP contribution in [0.25, 0.3) is 11.4 Å². The third kappa shape index (κ3) is 5.08. The van der Waals surface area contributed by atoms with E-state index in [1.54, 1.807) is 7.11 Å². The molecule has 0 spiro atoms. The monoisotopic (exact) mass is 451 g/mol. The first kappa shape index (κ1) is 22.2. The van der Waals surface area contributed by atoms with Gasteiger partial charge in [-0.05, 0) is 61.3 Å². The molecule has 1 aliphatic heterocycles. The molecule has 0 bridgehead atoms. The number of nitrogens with two attached hydrogens (primary N) is 1. The first-order valence-electron chi connectivity index (χ1n) is 10.9. The Bertz CT molecular complexity index is 1100. The first-order chi connectivity index (χ1) is 15.5. The molecule has 168 valence electrons. The standard InChI is InChI=1S/C24H29N5O2S/c1-31-21-9-7-20(8-10-21)23-26-29(17-27-14-12-19(13-15-27)22(25)30)24(32)28(23)16-11-18-5-3-2-4-6-18/h2-10,19H,11-17H2,1H3,(H2,25,30). The molecule has 1 amide bonds. The number of piperidine rings is 1. The number of carbonyl (C=O) groups is 1. The molecule has 32 heavy (non-hydrogen) atoms. The largest absolute Gasteiger partial charge is 0.497 e. The van der Waals surface area contributed by atoms with Crippen LogP contribution in [0.15, 0.2) is 54.6 Å². The number of methoxy groups -OCH3 is 1. The molecule has 7 nitrogen and oxygen atoms in total. The summed E-state index contributed by atoms with van der Waals surface area (Å²) in [6, 6.07) is 18.3. The maximum Gasteiger partial charge on any atom is 0.220 e. The predicted molar refractivity (Wildman–Crippen MR) is 127 cm³/mol. The second-order valence-electron chi connectivity index (χ2n) is 8.16. The van der Waals surface area contributed by atoms with E-state index in [9.17, 15) is 4.79 Å². The highest BCUT2D eigenvalue weighted by molar-refractivity contribution is 7.71. The number of hydrogen-bond donors (Lipinski definition) is 1. The highest BCUT2D eigenvalue weighted by Gasteiger charge is 2.24. The lowest BCUT2D eigenvalue weighted by molar-refractivity contribution is -0.123. The molecule has 8 heteroatoms. The van der Waals surface area contributed by atoms with Gasteiger partial charge in [0.2, 0.25) is 5.91 Å². The molecule has 1 saturated heterocycles. The van der Waals surface area contributed by atoms with E-state index >= 15 is 0 Å². The van der Waals surface area contributed by atoms with Crippen LogP contribution < -0.4 is 10.5 Å². The van der Waals surface area contributed by atoms with E-state index < -0.39 is 0 Å². The van der Waals surface area contributed by atoms with Crippen molar-refractivity contribution in [2.75, 3.05) is 20.2 Å². The number of carbonyl (C=O) groups excluding carboxylic acids is 1. The van der Waals surface area contributed by atoms with Gasteiger partial charge in [-0.2, -0.15) is 5.10 Å². The lowest BCUT2D eigenvalue weighted by atomic mass is 9.97. The molecule has 1 aliphatic rings. The Labute approximate surface area is 193 Å². The van der Waals surface area contributed by atoms with Crippen molar-refractivity contribution in [3.8, 4) is 17.1 Å². The van der Waals surface area contributed by atoms with E-state index in [4.69, 9.17) is 27.8 Å². The van der Waals surface area contributed by atoms with Crippen LogP contribution in [-0.2, 0) is 24.4 Å².